The number of rotatable bonds is 23. The third-order valence-corrected chi connectivity index (χ3v) is 8.67. The predicted octanol–water partition coefficient (Wildman–Crippen LogP) is 10.0. The van der Waals surface area contributed by atoms with Crippen LogP contribution in [-0.4, -0.2) is 14.9 Å². The van der Waals surface area contributed by atoms with Crippen molar-refractivity contribution in [2.45, 2.75) is 161 Å². The zero-order valence-corrected chi connectivity index (χ0v) is 21.5. The van der Waals surface area contributed by atoms with E-state index in [0.29, 0.717) is 0 Å². The molecule has 0 radical (unpaired) electrons. The van der Waals surface area contributed by atoms with Gasteiger partial charge in [-0.15, -0.1) is 0 Å². The molecular weight excluding hydrogens is 356 g/mol. The number of unbranched alkanes of at least 4 members (excludes halogenated alkanes) is 18. The Bertz CT molecular complexity index is 290. The molecule has 0 aliphatic rings. The van der Waals surface area contributed by atoms with Crippen LogP contribution in [0.3, 0.4) is 0 Å². The average Bonchev–Trinajstić information content (AvgIpc) is 2.67. The van der Waals surface area contributed by atoms with Crippen molar-refractivity contribution in [1.29, 1.82) is 0 Å². The maximum Gasteiger partial charge on any atom is 0.186 e. The van der Waals surface area contributed by atoms with Crippen molar-refractivity contribution in [3.05, 3.63) is 0 Å². The molecule has 0 rings (SSSR count). The second-order valence-corrected chi connectivity index (χ2v) is 14.0. The molecule has 0 fully saturated rings. The van der Waals surface area contributed by atoms with Gasteiger partial charge in [0, 0.05) is 6.61 Å². The van der Waals surface area contributed by atoms with Gasteiger partial charge in [0.2, 0.25) is 0 Å². The Balaban J connectivity index is 3.30. The third-order valence-electron chi connectivity index (χ3n) is 6.12. The summed E-state index contributed by atoms with van der Waals surface area (Å²) in [7, 11) is -1.39. The van der Waals surface area contributed by atoms with E-state index in [1.54, 1.807) is 0 Å². The fourth-order valence-corrected chi connectivity index (χ4v) is 5.99. The third kappa shape index (κ3) is 22.5. The van der Waals surface area contributed by atoms with E-state index >= 15 is 0 Å². The van der Waals surface area contributed by atoms with Crippen LogP contribution in [0.2, 0.25) is 19.1 Å². The van der Waals surface area contributed by atoms with Gasteiger partial charge in [-0.3, -0.25) is 0 Å². The van der Waals surface area contributed by atoms with Gasteiger partial charge < -0.3 is 4.43 Å². The van der Waals surface area contributed by atoms with Crippen molar-refractivity contribution in [2.75, 3.05) is 6.61 Å². The minimum atomic E-state index is -1.39. The van der Waals surface area contributed by atoms with E-state index in [0.717, 1.165) is 6.61 Å². The topological polar surface area (TPSA) is 9.23 Å². The molecule has 0 aliphatic heterocycles. The summed E-state index contributed by atoms with van der Waals surface area (Å²) in [6.45, 7) is 10.5. The fourth-order valence-electron chi connectivity index (χ4n) is 4.05. The van der Waals surface area contributed by atoms with Gasteiger partial charge in [-0.1, -0.05) is 136 Å². The standard InChI is InChI=1S/C26H56OSi/c1-5-7-9-11-13-15-17-19-21-23-25-27-28(3,4)26-24-22-20-18-16-14-12-10-8-6-2/h5-26H2,1-4H3. The lowest BCUT2D eigenvalue weighted by Gasteiger charge is -2.23. The van der Waals surface area contributed by atoms with Crippen LogP contribution in [0.1, 0.15) is 142 Å². The maximum absolute atomic E-state index is 6.32. The molecule has 0 N–H and O–H groups in total. The van der Waals surface area contributed by atoms with Crippen LogP contribution in [0.25, 0.3) is 0 Å². The molecule has 0 saturated carbocycles. The normalized spacial score (nSPS) is 12.0. The highest BCUT2D eigenvalue weighted by molar-refractivity contribution is 6.71. The van der Waals surface area contributed by atoms with Gasteiger partial charge in [0.15, 0.2) is 8.32 Å². The fraction of sp³-hybridized carbons (Fsp3) is 1.00. The molecule has 170 valence electrons. The van der Waals surface area contributed by atoms with Gasteiger partial charge in [0.25, 0.3) is 0 Å². The lowest BCUT2D eigenvalue weighted by atomic mass is 10.1. The number of hydrogen-bond acceptors (Lipinski definition) is 1. The smallest absolute Gasteiger partial charge is 0.186 e. The highest BCUT2D eigenvalue weighted by atomic mass is 28.4. The first kappa shape index (κ1) is 28.2. The molecule has 0 aromatic heterocycles. The first-order valence-corrected chi connectivity index (χ1v) is 16.4. The summed E-state index contributed by atoms with van der Waals surface area (Å²) in [6, 6.07) is 1.36. The quantitative estimate of drug-likeness (QED) is 0.120. The average molecular weight is 413 g/mol. The van der Waals surface area contributed by atoms with Crippen LogP contribution in [-0.2, 0) is 4.43 Å². The van der Waals surface area contributed by atoms with Gasteiger partial charge in [-0.2, -0.15) is 0 Å². The van der Waals surface area contributed by atoms with Crippen LogP contribution < -0.4 is 0 Å². The minimum Gasteiger partial charge on any atom is -0.417 e. The van der Waals surface area contributed by atoms with E-state index in [-0.39, 0.29) is 0 Å². The summed E-state index contributed by atoms with van der Waals surface area (Å²) < 4.78 is 6.32. The van der Waals surface area contributed by atoms with Crippen LogP contribution in [0, 0.1) is 0 Å². The molecule has 0 saturated heterocycles. The zero-order valence-electron chi connectivity index (χ0n) is 20.5. The minimum absolute atomic E-state index is 1.02. The molecule has 0 spiro atoms. The van der Waals surface area contributed by atoms with Crippen molar-refractivity contribution < 1.29 is 4.43 Å². The maximum atomic E-state index is 6.32. The van der Waals surface area contributed by atoms with Crippen molar-refractivity contribution in [3.63, 3.8) is 0 Å². The van der Waals surface area contributed by atoms with Gasteiger partial charge in [-0.05, 0) is 25.6 Å². The summed E-state index contributed by atoms with van der Waals surface area (Å²) in [4.78, 5) is 0. The molecule has 1 nitrogen and oxygen atoms in total. The van der Waals surface area contributed by atoms with E-state index < -0.39 is 8.32 Å². The van der Waals surface area contributed by atoms with Crippen LogP contribution in [0.5, 0.6) is 0 Å². The molecule has 0 aliphatic carbocycles. The van der Waals surface area contributed by atoms with Gasteiger partial charge in [0.05, 0.1) is 0 Å². The Morgan fingerprint density at radius 3 is 1.14 bits per heavy atom. The summed E-state index contributed by atoms with van der Waals surface area (Å²) in [6.07, 6.45) is 28.4. The highest BCUT2D eigenvalue weighted by Gasteiger charge is 2.21. The Morgan fingerprint density at radius 2 is 0.750 bits per heavy atom. The predicted molar refractivity (Wildman–Crippen MR) is 132 cm³/mol. The Kier molecular flexibility index (Phi) is 22.0. The molecule has 0 aromatic rings. The van der Waals surface area contributed by atoms with E-state index in [1.807, 2.05) is 0 Å². The lowest BCUT2D eigenvalue weighted by molar-refractivity contribution is 0.292. The van der Waals surface area contributed by atoms with Crippen molar-refractivity contribution >= 4 is 8.32 Å². The lowest BCUT2D eigenvalue weighted by Crippen LogP contribution is -2.30. The summed E-state index contributed by atoms with van der Waals surface area (Å²) in [5.41, 5.74) is 0. The van der Waals surface area contributed by atoms with Gasteiger partial charge in [0.1, 0.15) is 0 Å². The van der Waals surface area contributed by atoms with Crippen molar-refractivity contribution in [1.82, 2.24) is 0 Å². The summed E-state index contributed by atoms with van der Waals surface area (Å²) in [5.74, 6) is 0. The zero-order chi connectivity index (χ0) is 20.8. The largest absolute Gasteiger partial charge is 0.417 e. The van der Waals surface area contributed by atoms with Crippen molar-refractivity contribution in [2.24, 2.45) is 0 Å². The van der Waals surface area contributed by atoms with Gasteiger partial charge >= 0.3 is 0 Å². The molecule has 0 bridgehead atoms. The highest BCUT2D eigenvalue weighted by Crippen LogP contribution is 2.19. The molecule has 0 unspecified atom stereocenters. The monoisotopic (exact) mass is 412 g/mol. The van der Waals surface area contributed by atoms with Crippen molar-refractivity contribution in [3.8, 4) is 0 Å². The second-order valence-electron chi connectivity index (χ2n) is 9.72. The molecule has 0 heterocycles. The van der Waals surface area contributed by atoms with E-state index in [2.05, 4.69) is 26.9 Å². The first-order valence-electron chi connectivity index (χ1n) is 13.3. The molecule has 0 atom stereocenters. The first-order chi connectivity index (χ1) is 13.6. The Labute approximate surface area is 180 Å². The van der Waals surface area contributed by atoms with Crippen LogP contribution in [0.15, 0.2) is 0 Å². The molecular formula is C26H56OSi. The Hall–Kier alpha value is 0.177. The Morgan fingerprint density at radius 1 is 0.429 bits per heavy atom. The molecule has 0 amide bonds. The molecule has 28 heavy (non-hydrogen) atoms. The SMILES string of the molecule is CCCCCCCCCCCCO[Si](C)(C)CCCCCCCCCCCC. The summed E-state index contributed by atoms with van der Waals surface area (Å²) in [5, 5.41) is 0. The summed E-state index contributed by atoms with van der Waals surface area (Å²) >= 11 is 0. The van der Waals surface area contributed by atoms with E-state index in [4.69, 9.17) is 4.43 Å². The second kappa shape index (κ2) is 21.9. The van der Waals surface area contributed by atoms with Crippen LogP contribution >= 0.6 is 0 Å². The van der Waals surface area contributed by atoms with Crippen LogP contribution in [0.4, 0.5) is 0 Å². The van der Waals surface area contributed by atoms with E-state index in [9.17, 15) is 0 Å². The van der Waals surface area contributed by atoms with Gasteiger partial charge in [-0.25, -0.2) is 0 Å². The number of hydrogen-bond donors (Lipinski definition) is 0. The van der Waals surface area contributed by atoms with E-state index in [1.165, 1.54) is 134 Å². The molecule has 2 heteroatoms. The molecule has 0 aromatic carbocycles.